The molecule has 2 saturated carbocycles. The molecule has 3 fully saturated rings. The van der Waals surface area contributed by atoms with Gasteiger partial charge in [-0.15, -0.1) is 0 Å². The smallest absolute Gasteiger partial charge is 0.223 e. The van der Waals surface area contributed by atoms with Crippen molar-refractivity contribution < 1.29 is 10.6 Å². The molecule has 2 aliphatic carbocycles. The molecule has 5 heteroatoms. The van der Waals surface area contributed by atoms with Crippen molar-refractivity contribution in [2.24, 2.45) is 16.7 Å². The Morgan fingerprint density at radius 2 is 1.90 bits per heavy atom. The lowest BCUT2D eigenvalue weighted by molar-refractivity contribution is -0.129. The zero-order valence-electron chi connectivity index (χ0n) is 18.2. The lowest BCUT2D eigenvalue weighted by atomic mass is 9.64. The molecule has 164 valence electrons. The molecular formula is C25H36FN3O. The van der Waals surface area contributed by atoms with Crippen LogP contribution in [0.5, 0.6) is 0 Å². The van der Waals surface area contributed by atoms with Crippen LogP contribution in [0.15, 0.2) is 18.2 Å². The van der Waals surface area contributed by atoms with Crippen LogP contribution in [-0.4, -0.2) is 30.4 Å². The van der Waals surface area contributed by atoms with Crippen molar-refractivity contribution >= 4 is 5.91 Å². The van der Waals surface area contributed by atoms with Gasteiger partial charge in [0.2, 0.25) is 5.91 Å². The number of nitrogens with one attached hydrogen (secondary N) is 1. The first kappa shape index (κ1) is 21.3. The molecule has 1 heterocycles. The summed E-state index contributed by atoms with van der Waals surface area (Å²) in [6, 6.07) is 7.56. The molecule has 4 nitrogen and oxygen atoms in total. The van der Waals surface area contributed by atoms with Crippen molar-refractivity contribution in [2.45, 2.75) is 71.3 Å². The van der Waals surface area contributed by atoms with Gasteiger partial charge >= 0.3 is 0 Å². The first-order valence-corrected chi connectivity index (χ1v) is 11.6. The number of nitriles is 1. The number of benzene rings is 1. The number of hydrogen-bond donors (Lipinski definition) is 1. The summed E-state index contributed by atoms with van der Waals surface area (Å²) >= 11 is 0. The van der Waals surface area contributed by atoms with Crippen LogP contribution in [0.1, 0.15) is 70.3 Å². The van der Waals surface area contributed by atoms with Crippen LogP contribution in [0.4, 0.5) is 4.39 Å². The maximum Gasteiger partial charge on any atom is 0.223 e. The third-order valence-corrected chi connectivity index (χ3v) is 7.68. The lowest BCUT2D eigenvalue weighted by Gasteiger charge is -2.55. The van der Waals surface area contributed by atoms with Gasteiger partial charge in [0.15, 0.2) is 0 Å². The normalized spacial score (nSPS) is 23.5. The first-order valence-electron chi connectivity index (χ1n) is 11.6. The highest BCUT2D eigenvalue weighted by atomic mass is 19.1. The minimum atomic E-state index is -0.250. The molecule has 1 aliphatic heterocycles. The van der Waals surface area contributed by atoms with E-state index in [0.29, 0.717) is 12.0 Å². The number of likely N-dealkylation sites (tertiary alicyclic amines) is 1. The average Bonchev–Trinajstić information content (AvgIpc) is 2.71. The molecule has 3 aliphatic rings. The number of carbonyl (C=O) groups is 1. The molecule has 0 aromatic heterocycles. The van der Waals surface area contributed by atoms with Crippen LogP contribution >= 0.6 is 0 Å². The molecule has 0 bridgehead atoms. The second-order valence-electron chi connectivity index (χ2n) is 10.2. The number of amides is 1. The summed E-state index contributed by atoms with van der Waals surface area (Å²) in [5.41, 5.74) is 1.94. The fourth-order valence-corrected chi connectivity index (χ4v) is 6.03. The quantitative estimate of drug-likeness (QED) is 0.742. The summed E-state index contributed by atoms with van der Waals surface area (Å²) in [4.78, 5) is 15.1. The fourth-order valence-electron chi connectivity index (χ4n) is 6.03. The standard InChI is InChI=1S/C25H34FN3O.H2/c1-19-11-20(13-22(26)12-19)14-28-23(30)21-5-9-25(10-6-21)17-29(18-25)16-24(15-27)7-3-2-4-8-24;/h11-13,21H,2-10,14,16-18H2,1H3,(H,28,30);1H. The van der Waals surface area contributed by atoms with Crippen molar-refractivity contribution in [3.05, 3.63) is 35.1 Å². The van der Waals surface area contributed by atoms with Crippen molar-refractivity contribution in [1.29, 1.82) is 5.26 Å². The van der Waals surface area contributed by atoms with Crippen LogP contribution < -0.4 is 5.32 Å². The van der Waals surface area contributed by atoms with E-state index >= 15 is 0 Å². The van der Waals surface area contributed by atoms with Gasteiger partial charge < -0.3 is 10.2 Å². The van der Waals surface area contributed by atoms with Gasteiger partial charge in [-0.1, -0.05) is 25.3 Å². The Morgan fingerprint density at radius 1 is 1.20 bits per heavy atom. The van der Waals surface area contributed by atoms with Gasteiger partial charge in [0.25, 0.3) is 0 Å². The number of nitrogens with zero attached hydrogens (tertiary/aromatic N) is 2. The second-order valence-corrected chi connectivity index (χ2v) is 10.2. The predicted molar refractivity (Wildman–Crippen MR) is 117 cm³/mol. The average molecular weight is 414 g/mol. The highest BCUT2D eigenvalue weighted by Gasteiger charge is 2.48. The molecule has 1 saturated heterocycles. The maximum absolute atomic E-state index is 13.5. The van der Waals surface area contributed by atoms with Crippen LogP contribution in [-0.2, 0) is 11.3 Å². The number of hydrogen-bond acceptors (Lipinski definition) is 3. The van der Waals surface area contributed by atoms with E-state index in [0.717, 1.165) is 69.3 Å². The maximum atomic E-state index is 13.5. The number of halogens is 1. The number of carbonyl (C=O) groups excluding carboxylic acids is 1. The highest BCUT2D eigenvalue weighted by Crippen LogP contribution is 2.47. The Kier molecular flexibility index (Phi) is 6.16. The van der Waals surface area contributed by atoms with Crippen LogP contribution in [0.2, 0.25) is 0 Å². The van der Waals surface area contributed by atoms with Crippen molar-refractivity contribution in [1.82, 2.24) is 10.2 Å². The summed E-state index contributed by atoms with van der Waals surface area (Å²) in [6.07, 6.45) is 9.84. The molecule has 1 spiro atoms. The Hall–Kier alpha value is -1.93. The van der Waals surface area contributed by atoms with Crippen molar-refractivity contribution in [3.63, 3.8) is 0 Å². The topological polar surface area (TPSA) is 56.1 Å². The molecule has 1 aromatic carbocycles. The van der Waals surface area contributed by atoms with E-state index in [1.165, 1.54) is 31.4 Å². The lowest BCUT2D eigenvalue weighted by Crippen LogP contribution is -2.60. The zero-order chi connectivity index (χ0) is 21.2. The summed E-state index contributed by atoms with van der Waals surface area (Å²) in [5, 5.41) is 12.7. The van der Waals surface area contributed by atoms with E-state index in [4.69, 9.17) is 0 Å². The molecular weight excluding hydrogens is 377 g/mol. The molecule has 0 atom stereocenters. The second kappa shape index (κ2) is 8.67. The Morgan fingerprint density at radius 3 is 2.53 bits per heavy atom. The zero-order valence-corrected chi connectivity index (χ0v) is 18.2. The molecule has 1 N–H and O–H groups in total. The highest BCUT2D eigenvalue weighted by molar-refractivity contribution is 5.78. The van der Waals surface area contributed by atoms with E-state index < -0.39 is 0 Å². The van der Waals surface area contributed by atoms with Gasteiger partial charge in [0, 0.05) is 33.5 Å². The Bertz CT molecular complexity index is 794. The number of aryl methyl sites for hydroxylation is 1. The van der Waals surface area contributed by atoms with E-state index in [1.807, 2.05) is 13.0 Å². The van der Waals surface area contributed by atoms with Gasteiger partial charge in [-0.3, -0.25) is 4.79 Å². The Balaban J connectivity index is 0.00000272. The van der Waals surface area contributed by atoms with Crippen molar-refractivity contribution in [2.75, 3.05) is 19.6 Å². The van der Waals surface area contributed by atoms with Crippen LogP contribution in [0, 0.1) is 40.8 Å². The van der Waals surface area contributed by atoms with Crippen LogP contribution in [0.25, 0.3) is 0 Å². The SMILES string of the molecule is Cc1cc(F)cc(CNC(=O)C2CCC3(CC2)CN(CC2(C#N)CCCCC2)C3)c1.[HH]. The van der Waals surface area contributed by atoms with Gasteiger partial charge in [0.05, 0.1) is 11.5 Å². The summed E-state index contributed by atoms with van der Waals surface area (Å²) in [5.74, 6) is -0.0727. The molecule has 1 aromatic rings. The molecule has 30 heavy (non-hydrogen) atoms. The van der Waals surface area contributed by atoms with E-state index in [1.54, 1.807) is 0 Å². The largest absolute Gasteiger partial charge is 0.352 e. The monoisotopic (exact) mass is 413 g/mol. The minimum absolute atomic E-state index is 0. The Labute approximate surface area is 181 Å². The van der Waals surface area contributed by atoms with Gasteiger partial charge in [0.1, 0.15) is 5.82 Å². The van der Waals surface area contributed by atoms with E-state index in [9.17, 15) is 14.4 Å². The predicted octanol–water partition coefficient (Wildman–Crippen LogP) is 4.96. The molecule has 0 unspecified atom stereocenters. The van der Waals surface area contributed by atoms with E-state index in [2.05, 4.69) is 16.3 Å². The third-order valence-electron chi connectivity index (χ3n) is 7.68. The minimum Gasteiger partial charge on any atom is -0.352 e. The molecule has 1 amide bonds. The third kappa shape index (κ3) is 4.70. The summed E-state index contributed by atoms with van der Waals surface area (Å²) in [6.45, 7) is 5.37. The van der Waals surface area contributed by atoms with E-state index in [-0.39, 0.29) is 24.5 Å². The van der Waals surface area contributed by atoms with Crippen molar-refractivity contribution in [3.8, 4) is 6.07 Å². The summed E-state index contributed by atoms with van der Waals surface area (Å²) in [7, 11) is 0. The van der Waals surface area contributed by atoms with Gasteiger partial charge in [-0.25, -0.2) is 4.39 Å². The van der Waals surface area contributed by atoms with Gasteiger partial charge in [-0.2, -0.15) is 5.26 Å². The summed E-state index contributed by atoms with van der Waals surface area (Å²) < 4.78 is 13.5. The van der Waals surface area contributed by atoms with Gasteiger partial charge in [-0.05, 0) is 74.1 Å². The number of rotatable bonds is 5. The van der Waals surface area contributed by atoms with Crippen LogP contribution in [0.3, 0.4) is 0 Å². The molecule has 0 radical (unpaired) electrons. The molecule has 4 rings (SSSR count). The first-order chi connectivity index (χ1) is 14.4. The fraction of sp³-hybridized carbons (Fsp3) is 0.680.